The van der Waals surface area contributed by atoms with Gasteiger partial charge in [-0.3, -0.25) is 4.79 Å². The molecular weight excluding hydrogens is 454 g/mol. The number of hydrogen-bond donors (Lipinski definition) is 3. The molecule has 0 radical (unpaired) electrons. The average molecular weight is 480 g/mol. The summed E-state index contributed by atoms with van der Waals surface area (Å²) in [5, 5.41) is 14.8. The number of alkyl carbamates (subject to hydrolysis) is 1. The smallest absolute Gasteiger partial charge is 0.407 e. The molecule has 0 saturated heterocycles. The van der Waals surface area contributed by atoms with Gasteiger partial charge in [0.15, 0.2) is 0 Å². The predicted molar refractivity (Wildman–Crippen MR) is 129 cm³/mol. The number of carboxylic acid groups (broad SMARTS) is 1. The van der Waals surface area contributed by atoms with Gasteiger partial charge in [-0.05, 0) is 54.6 Å². The zero-order valence-electron chi connectivity index (χ0n) is 19.0. The monoisotopic (exact) mass is 479 g/mol. The Bertz CT molecular complexity index is 1220. The van der Waals surface area contributed by atoms with Gasteiger partial charge in [-0.15, -0.1) is 0 Å². The Morgan fingerprint density at radius 3 is 2.24 bits per heavy atom. The summed E-state index contributed by atoms with van der Waals surface area (Å²) in [5.74, 6) is -1.65. The summed E-state index contributed by atoms with van der Waals surface area (Å²) in [5.41, 5.74) is 3.90. The zero-order valence-corrected chi connectivity index (χ0v) is 19.9. The lowest BCUT2D eigenvalue weighted by Crippen LogP contribution is -2.46. The van der Waals surface area contributed by atoms with Crippen molar-refractivity contribution in [1.29, 1.82) is 0 Å². The Morgan fingerprint density at radius 2 is 1.65 bits per heavy atom. The van der Waals surface area contributed by atoms with Gasteiger partial charge in [0, 0.05) is 17.9 Å². The number of carboxylic acids is 1. The van der Waals surface area contributed by atoms with Crippen molar-refractivity contribution in [3.8, 4) is 11.1 Å². The van der Waals surface area contributed by atoms with Crippen molar-refractivity contribution in [2.75, 3.05) is 11.9 Å². The summed E-state index contributed by atoms with van der Waals surface area (Å²) in [6.45, 7) is 5.14. The number of ether oxygens (including phenoxy) is 1. The number of aromatic nitrogens is 1. The van der Waals surface area contributed by atoms with Crippen LogP contribution < -0.4 is 10.6 Å². The van der Waals surface area contributed by atoms with E-state index in [9.17, 15) is 19.5 Å². The highest BCUT2D eigenvalue weighted by Gasteiger charge is 2.31. The summed E-state index contributed by atoms with van der Waals surface area (Å²) in [4.78, 5) is 36.5. The van der Waals surface area contributed by atoms with Gasteiger partial charge < -0.3 is 20.5 Å². The molecule has 9 heteroatoms. The molecule has 3 N–H and O–H groups in total. The predicted octanol–water partition coefficient (Wildman–Crippen LogP) is 4.80. The molecule has 1 heterocycles. The molecule has 2 amide bonds. The number of nitrogens with zero attached hydrogens (tertiary/aromatic N) is 1. The Hall–Kier alpha value is -3.72. The first-order valence-electron chi connectivity index (χ1n) is 10.8. The second-order valence-electron chi connectivity index (χ2n) is 8.84. The molecule has 1 aliphatic rings. The van der Waals surface area contributed by atoms with Crippen LogP contribution >= 0.6 is 11.5 Å². The largest absolute Gasteiger partial charge is 0.478 e. The van der Waals surface area contributed by atoms with Crippen molar-refractivity contribution in [1.82, 2.24) is 9.69 Å². The number of carbonyl (C=O) groups excluding carboxylic acids is 2. The van der Waals surface area contributed by atoms with E-state index in [0.717, 1.165) is 33.8 Å². The number of rotatable bonds is 7. The Kier molecular flexibility index (Phi) is 6.39. The van der Waals surface area contributed by atoms with Gasteiger partial charge in [0.2, 0.25) is 5.91 Å². The molecule has 0 bridgehead atoms. The number of aryl methyl sites for hydroxylation is 1. The maximum Gasteiger partial charge on any atom is 0.407 e. The number of anilines is 1. The molecule has 0 saturated carbocycles. The van der Waals surface area contributed by atoms with Crippen LogP contribution in [-0.4, -0.2) is 39.6 Å². The van der Waals surface area contributed by atoms with Crippen molar-refractivity contribution in [2.24, 2.45) is 0 Å². The van der Waals surface area contributed by atoms with E-state index in [4.69, 9.17) is 4.74 Å². The lowest BCUT2D eigenvalue weighted by atomic mass is 9.98. The number of amides is 2. The summed E-state index contributed by atoms with van der Waals surface area (Å²) in [7, 11) is 0. The van der Waals surface area contributed by atoms with Gasteiger partial charge in [-0.2, -0.15) is 4.37 Å². The normalized spacial score (nSPS) is 12.6. The summed E-state index contributed by atoms with van der Waals surface area (Å²) >= 11 is 0.909. The molecule has 0 unspecified atom stereocenters. The molecule has 1 aliphatic carbocycles. The highest BCUT2D eigenvalue weighted by molar-refractivity contribution is 7.11. The molecule has 0 fully saturated rings. The summed E-state index contributed by atoms with van der Waals surface area (Å²) < 4.78 is 9.55. The second-order valence-corrected chi connectivity index (χ2v) is 9.61. The zero-order chi connectivity index (χ0) is 24.5. The number of hydrogen-bond acceptors (Lipinski definition) is 6. The minimum Gasteiger partial charge on any atom is -0.478 e. The highest BCUT2D eigenvalue weighted by Crippen LogP contribution is 2.44. The first-order valence-corrected chi connectivity index (χ1v) is 11.6. The topological polar surface area (TPSA) is 118 Å². The highest BCUT2D eigenvalue weighted by atomic mass is 32.1. The minimum absolute atomic E-state index is 0.0272. The van der Waals surface area contributed by atoms with E-state index in [-0.39, 0.29) is 29.5 Å². The quantitative estimate of drug-likeness (QED) is 0.448. The van der Waals surface area contributed by atoms with Gasteiger partial charge in [0.1, 0.15) is 17.2 Å². The third-order valence-corrected chi connectivity index (χ3v) is 6.57. The van der Waals surface area contributed by atoms with Crippen molar-refractivity contribution in [3.05, 3.63) is 70.9 Å². The first kappa shape index (κ1) is 23.4. The van der Waals surface area contributed by atoms with Crippen LogP contribution in [0.3, 0.4) is 0 Å². The van der Waals surface area contributed by atoms with Gasteiger partial charge in [-0.1, -0.05) is 48.5 Å². The minimum atomic E-state index is -1.16. The Morgan fingerprint density at radius 1 is 1.06 bits per heavy atom. The van der Waals surface area contributed by atoms with E-state index in [1.165, 1.54) is 0 Å². The van der Waals surface area contributed by atoms with Crippen LogP contribution in [0.25, 0.3) is 11.1 Å². The van der Waals surface area contributed by atoms with Crippen LogP contribution in [0, 0.1) is 6.92 Å². The van der Waals surface area contributed by atoms with E-state index in [0.29, 0.717) is 5.69 Å². The maximum atomic E-state index is 12.6. The van der Waals surface area contributed by atoms with Crippen molar-refractivity contribution < 1.29 is 24.2 Å². The van der Waals surface area contributed by atoms with E-state index < -0.39 is 23.5 Å². The number of nitrogens with one attached hydrogen (secondary N) is 2. The van der Waals surface area contributed by atoms with Gasteiger partial charge in [0.25, 0.3) is 0 Å². The van der Waals surface area contributed by atoms with Crippen molar-refractivity contribution in [2.45, 2.75) is 38.6 Å². The van der Waals surface area contributed by atoms with E-state index in [2.05, 4.69) is 27.1 Å². The summed E-state index contributed by atoms with van der Waals surface area (Å²) in [6.07, 6.45) is -0.702. The fourth-order valence-corrected chi connectivity index (χ4v) is 5.04. The van der Waals surface area contributed by atoms with Crippen LogP contribution in [0.15, 0.2) is 48.5 Å². The number of fused-ring (bicyclic) bond motifs is 3. The van der Waals surface area contributed by atoms with Gasteiger partial charge >= 0.3 is 12.1 Å². The molecular formula is C25H25N3O5S. The van der Waals surface area contributed by atoms with Crippen molar-refractivity contribution >= 4 is 34.5 Å². The molecule has 34 heavy (non-hydrogen) atoms. The van der Waals surface area contributed by atoms with E-state index in [1.807, 2.05) is 36.4 Å². The first-order chi connectivity index (χ1) is 16.2. The Labute approximate surface area is 201 Å². The maximum absolute atomic E-state index is 12.6. The molecule has 8 nitrogen and oxygen atoms in total. The van der Waals surface area contributed by atoms with Crippen LogP contribution in [0.4, 0.5) is 9.80 Å². The lowest BCUT2D eigenvalue weighted by Gasteiger charge is -2.25. The van der Waals surface area contributed by atoms with Crippen LogP contribution in [-0.2, 0) is 9.53 Å². The number of carbonyl (C=O) groups is 3. The molecule has 0 aliphatic heterocycles. The lowest BCUT2D eigenvalue weighted by molar-refractivity contribution is -0.117. The summed E-state index contributed by atoms with van der Waals surface area (Å²) in [6, 6.07) is 16.1. The molecule has 0 atom stereocenters. The van der Waals surface area contributed by atoms with Crippen LogP contribution in [0.5, 0.6) is 0 Å². The molecule has 1 aromatic heterocycles. The van der Waals surface area contributed by atoms with Crippen molar-refractivity contribution in [3.63, 3.8) is 0 Å². The van der Waals surface area contributed by atoms with Crippen LogP contribution in [0.2, 0.25) is 0 Å². The number of benzene rings is 2. The third kappa shape index (κ3) is 4.79. The van der Waals surface area contributed by atoms with E-state index in [1.54, 1.807) is 20.8 Å². The molecule has 0 spiro atoms. The number of aromatic carboxylic acids is 1. The second kappa shape index (κ2) is 9.26. The molecule has 3 aromatic rings. The molecule has 2 aromatic carbocycles. The van der Waals surface area contributed by atoms with Gasteiger partial charge in [-0.25, -0.2) is 9.59 Å². The van der Waals surface area contributed by atoms with E-state index >= 15 is 0 Å². The average Bonchev–Trinajstić information content (AvgIpc) is 3.29. The van der Waals surface area contributed by atoms with Gasteiger partial charge in [0.05, 0.1) is 5.69 Å². The standard InChI is InChI=1S/C25H25N3O5S/c1-14-21(23(30)31)22(34-28-14)26-20(29)12-25(2,3)27-24(32)33-13-19-17-10-6-4-8-15(17)16-9-5-7-11-18(16)19/h4-11,19H,12-13H2,1-3H3,(H,26,29)(H,27,32)(H,30,31). The van der Waals surface area contributed by atoms with Crippen LogP contribution in [0.1, 0.15) is 53.4 Å². The Balaban J connectivity index is 1.36. The fraction of sp³-hybridized carbons (Fsp3) is 0.280. The molecule has 176 valence electrons. The molecule has 4 rings (SSSR count). The SMILES string of the molecule is Cc1nsc(NC(=O)CC(C)(C)NC(=O)OCC2c3ccccc3-c3ccccc32)c1C(=O)O. The fourth-order valence-electron chi connectivity index (χ4n) is 4.23. The third-order valence-electron chi connectivity index (χ3n) is 5.72.